The topological polar surface area (TPSA) is 32.5 Å². The Kier molecular flexibility index (Phi) is 6.27. The van der Waals surface area contributed by atoms with E-state index in [9.17, 15) is 0 Å². The molecule has 3 nitrogen and oxygen atoms in total. The molecule has 4 heteroatoms. The van der Waals surface area contributed by atoms with Crippen molar-refractivity contribution < 1.29 is 0 Å². The van der Waals surface area contributed by atoms with Crippen LogP contribution in [-0.2, 0) is 0 Å². The fourth-order valence-corrected chi connectivity index (χ4v) is 4.35. The van der Waals surface area contributed by atoms with E-state index in [1.165, 1.54) is 31.7 Å². The van der Waals surface area contributed by atoms with E-state index in [2.05, 4.69) is 49.5 Å². The summed E-state index contributed by atoms with van der Waals surface area (Å²) >= 11 is 2.08. The average molecular weight is 259 g/mol. The van der Waals surface area contributed by atoms with Crippen LogP contribution in [0.1, 0.15) is 26.7 Å². The van der Waals surface area contributed by atoms with Crippen LogP contribution < -0.4 is 5.73 Å². The van der Waals surface area contributed by atoms with Gasteiger partial charge in [0.15, 0.2) is 0 Å². The van der Waals surface area contributed by atoms with Gasteiger partial charge in [0.1, 0.15) is 0 Å². The minimum atomic E-state index is 0.256. The Morgan fingerprint density at radius 3 is 2.47 bits per heavy atom. The van der Waals surface area contributed by atoms with Gasteiger partial charge in [-0.15, -0.1) is 0 Å². The third-order valence-electron chi connectivity index (χ3n) is 4.06. The third kappa shape index (κ3) is 3.60. The monoisotopic (exact) mass is 259 g/mol. The van der Waals surface area contributed by atoms with Gasteiger partial charge in [0.25, 0.3) is 0 Å². The number of likely N-dealkylation sites (N-methyl/N-ethyl adjacent to an activating group) is 1. The van der Waals surface area contributed by atoms with Crippen molar-refractivity contribution in [2.24, 2.45) is 5.73 Å². The standard InChI is InChI=1S/C13H29N3S/c1-5-16(9-6-8-15(3)4)13(11-14)7-10-17-12(13)2/h12H,5-11,14H2,1-4H3. The molecule has 0 aromatic rings. The van der Waals surface area contributed by atoms with Crippen molar-refractivity contribution in [1.82, 2.24) is 9.80 Å². The first kappa shape index (κ1) is 15.3. The van der Waals surface area contributed by atoms with Crippen molar-refractivity contribution in [3.05, 3.63) is 0 Å². The highest BCUT2D eigenvalue weighted by atomic mass is 32.2. The molecule has 0 aromatic heterocycles. The van der Waals surface area contributed by atoms with Gasteiger partial charge in [-0.2, -0.15) is 11.8 Å². The molecule has 1 rings (SSSR count). The van der Waals surface area contributed by atoms with Gasteiger partial charge >= 0.3 is 0 Å². The molecule has 0 saturated carbocycles. The maximum absolute atomic E-state index is 6.10. The van der Waals surface area contributed by atoms with Crippen LogP contribution in [0.2, 0.25) is 0 Å². The highest BCUT2D eigenvalue weighted by Crippen LogP contribution is 2.39. The number of nitrogens with zero attached hydrogens (tertiary/aromatic N) is 2. The lowest BCUT2D eigenvalue weighted by Crippen LogP contribution is -2.57. The van der Waals surface area contributed by atoms with E-state index >= 15 is 0 Å². The summed E-state index contributed by atoms with van der Waals surface area (Å²) in [6, 6.07) is 0. The fraction of sp³-hybridized carbons (Fsp3) is 1.00. The minimum absolute atomic E-state index is 0.256. The van der Waals surface area contributed by atoms with Gasteiger partial charge in [-0.1, -0.05) is 13.8 Å². The second kappa shape index (κ2) is 6.98. The molecule has 0 spiro atoms. The predicted molar refractivity (Wildman–Crippen MR) is 78.7 cm³/mol. The SMILES string of the molecule is CCN(CCCN(C)C)C1(CN)CCSC1C. The molecule has 0 radical (unpaired) electrons. The Bertz CT molecular complexity index is 223. The molecule has 0 bridgehead atoms. The van der Waals surface area contributed by atoms with Crippen molar-refractivity contribution in [1.29, 1.82) is 0 Å². The van der Waals surface area contributed by atoms with Gasteiger partial charge < -0.3 is 10.6 Å². The van der Waals surface area contributed by atoms with Crippen molar-refractivity contribution in [2.45, 2.75) is 37.5 Å². The molecular formula is C13H29N3S. The Hall–Kier alpha value is 0.230. The lowest BCUT2D eigenvalue weighted by molar-refractivity contribution is 0.0992. The Morgan fingerprint density at radius 2 is 2.06 bits per heavy atom. The summed E-state index contributed by atoms with van der Waals surface area (Å²) < 4.78 is 0. The Morgan fingerprint density at radius 1 is 1.35 bits per heavy atom. The Balaban J connectivity index is 2.57. The van der Waals surface area contributed by atoms with Gasteiger partial charge in [-0.3, -0.25) is 4.90 Å². The first-order valence-electron chi connectivity index (χ1n) is 6.78. The van der Waals surface area contributed by atoms with Crippen LogP contribution in [0.3, 0.4) is 0 Å². The van der Waals surface area contributed by atoms with E-state index in [1.807, 2.05) is 0 Å². The average Bonchev–Trinajstić information content (AvgIpc) is 2.67. The van der Waals surface area contributed by atoms with Crippen LogP contribution in [-0.4, -0.2) is 66.6 Å². The molecule has 17 heavy (non-hydrogen) atoms. The van der Waals surface area contributed by atoms with Crippen molar-refractivity contribution in [3.63, 3.8) is 0 Å². The van der Waals surface area contributed by atoms with E-state index in [0.29, 0.717) is 5.25 Å². The molecule has 102 valence electrons. The number of hydrogen-bond acceptors (Lipinski definition) is 4. The molecule has 1 aliphatic heterocycles. The quantitative estimate of drug-likeness (QED) is 0.751. The first-order chi connectivity index (χ1) is 8.06. The molecule has 1 fully saturated rings. The van der Waals surface area contributed by atoms with Gasteiger partial charge in [-0.25, -0.2) is 0 Å². The second-order valence-electron chi connectivity index (χ2n) is 5.31. The fourth-order valence-electron chi connectivity index (χ4n) is 2.86. The van der Waals surface area contributed by atoms with Gasteiger partial charge in [-0.05, 0) is 52.3 Å². The normalized spacial score (nSPS) is 29.5. The predicted octanol–water partition coefficient (Wildman–Crippen LogP) is 1.48. The molecule has 0 amide bonds. The van der Waals surface area contributed by atoms with Crippen molar-refractivity contribution >= 4 is 11.8 Å². The van der Waals surface area contributed by atoms with Crippen LogP contribution in [0.25, 0.3) is 0 Å². The van der Waals surface area contributed by atoms with Gasteiger partial charge in [0.05, 0.1) is 0 Å². The van der Waals surface area contributed by atoms with E-state index in [-0.39, 0.29) is 5.54 Å². The lowest BCUT2D eigenvalue weighted by Gasteiger charge is -2.43. The minimum Gasteiger partial charge on any atom is -0.329 e. The summed E-state index contributed by atoms with van der Waals surface area (Å²) in [4.78, 5) is 4.89. The highest BCUT2D eigenvalue weighted by molar-refractivity contribution is 8.00. The highest BCUT2D eigenvalue weighted by Gasteiger charge is 2.43. The summed E-state index contributed by atoms with van der Waals surface area (Å²) in [7, 11) is 4.28. The Labute approximate surface area is 111 Å². The third-order valence-corrected chi connectivity index (χ3v) is 5.44. The van der Waals surface area contributed by atoms with Crippen LogP contribution in [0.15, 0.2) is 0 Å². The van der Waals surface area contributed by atoms with E-state index in [1.54, 1.807) is 0 Å². The van der Waals surface area contributed by atoms with Gasteiger partial charge in [0, 0.05) is 17.3 Å². The van der Waals surface area contributed by atoms with Gasteiger partial charge in [0.2, 0.25) is 0 Å². The summed E-state index contributed by atoms with van der Waals surface area (Å²) in [6.45, 7) is 8.88. The maximum atomic E-state index is 6.10. The summed E-state index contributed by atoms with van der Waals surface area (Å²) in [5.74, 6) is 1.27. The zero-order chi connectivity index (χ0) is 12.9. The van der Waals surface area contributed by atoms with Crippen LogP contribution >= 0.6 is 11.8 Å². The number of nitrogens with two attached hydrogens (primary N) is 1. The van der Waals surface area contributed by atoms with E-state index in [4.69, 9.17) is 5.73 Å². The maximum Gasteiger partial charge on any atom is 0.0455 e. The lowest BCUT2D eigenvalue weighted by atomic mass is 9.90. The largest absolute Gasteiger partial charge is 0.329 e. The number of thioether (sulfide) groups is 1. The smallest absolute Gasteiger partial charge is 0.0455 e. The summed E-state index contributed by atoms with van der Waals surface area (Å²) in [6.07, 6.45) is 2.49. The molecule has 1 heterocycles. The first-order valence-corrected chi connectivity index (χ1v) is 7.83. The molecular weight excluding hydrogens is 230 g/mol. The number of rotatable bonds is 7. The summed E-state index contributed by atoms with van der Waals surface area (Å²) in [5, 5.41) is 0.673. The molecule has 0 aliphatic carbocycles. The number of hydrogen-bond donors (Lipinski definition) is 1. The molecule has 2 unspecified atom stereocenters. The molecule has 2 atom stereocenters. The molecule has 1 aliphatic rings. The molecule has 1 saturated heterocycles. The zero-order valence-electron chi connectivity index (χ0n) is 11.9. The van der Waals surface area contributed by atoms with E-state index in [0.717, 1.165) is 13.1 Å². The second-order valence-corrected chi connectivity index (χ2v) is 6.76. The zero-order valence-corrected chi connectivity index (χ0v) is 12.7. The molecule has 0 aromatic carbocycles. The van der Waals surface area contributed by atoms with Crippen molar-refractivity contribution in [2.75, 3.05) is 46.0 Å². The summed E-state index contributed by atoms with van der Waals surface area (Å²) in [5.41, 5.74) is 6.36. The van der Waals surface area contributed by atoms with Crippen LogP contribution in [0.5, 0.6) is 0 Å². The van der Waals surface area contributed by atoms with E-state index < -0.39 is 0 Å². The van der Waals surface area contributed by atoms with Crippen LogP contribution in [0, 0.1) is 0 Å². The molecule has 2 N–H and O–H groups in total. The van der Waals surface area contributed by atoms with Crippen molar-refractivity contribution in [3.8, 4) is 0 Å². The van der Waals surface area contributed by atoms with Crippen LogP contribution in [0.4, 0.5) is 0 Å².